The van der Waals surface area contributed by atoms with Crippen molar-refractivity contribution in [1.29, 1.82) is 0 Å². The number of aromatic nitrogens is 2. The topological polar surface area (TPSA) is 87.6 Å². The first-order valence-electron chi connectivity index (χ1n) is 10.1. The van der Waals surface area contributed by atoms with Crippen LogP contribution in [0.1, 0.15) is 28.0 Å². The van der Waals surface area contributed by atoms with Gasteiger partial charge in [-0.05, 0) is 45.6 Å². The maximum atomic E-state index is 12.4. The maximum absolute atomic E-state index is 12.4. The van der Waals surface area contributed by atoms with Crippen LogP contribution in [0, 0.1) is 6.92 Å². The van der Waals surface area contributed by atoms with E-state index in [1.807, 2.05) is 56.3 Å². The van der Waals surface area contributed by atoms with Crippen LogP contribution < -0.4 is 5.32 Å². The fourth-order valence-corrected chi connectivity index (χ4v) is 5.00. The summed E-state index contributed by atoms with van der Waals surface area (Å²) in [5.41, 5.74) is 0.797. The van der Waals surface area contributed by atoms with Gasteiger partial charge in [0, 0.05) is 18.0 Å². The van der Waals surface area contributed by atoms with E-state index in [4.69, 9.17) is 14.7 Å². The number of esters is 1. The molecular weight excluding hydrogens is 432 g/mol. The van der Waals surface area contributed by atoms with Gasteiger partial charge in [-0.15, -0.1) is 23.1 Å². The van der Waals surface area contributed by atoms with Crippen molar-refractivity contribution in [2.75, 3.05) is 39.1 Å². The standard InChI is InChI=1S/C22H28N4O3S2/c1-5-29-22(28)19-14(2)18-20(23-11-15(27)12-26(3)4)24-17(25-21(18)31-19)13-30-16-9-7-6-8-10-16/h6-10,15,27H,5,11-13H2,1-4H3,(H,23,24,25)/t15-/m0/s1. The number of carbonyl (C=O) groups is 1. The van der Waals surface area contributed by atoms with Gasteiger partial charge in [-0.2, -0.15) is 0 Å². The number of hydrogen-bond acceptors (Lipinski definition) is 9. The summed E-state index contributed by atoms with van der Waals surface area (Å²) >= 11 is 2.97. The molecule has 0 spiro atoms. The molecule has 1 atom stereocenters. The summed E-state index contributed by atoms with van der Waals surface area (Å²) in [6, 6.07) is 10.1. The summed E-state index contributed by atoms with van der Waals surface area (Å²) < 4.78 is 5.21. The van der Waals surface area contributed by atoms with Gasteiger partial charge in [-0.25, -0.2) is 14.8 Å². The van der Waals surface area contributed by atoms with Gasteiger partial charge < -0.3 is 20.1 Å². The second-order valence-corrected chi connectivity index (χ2v) is 9.39. The van der Waals surface area contributed by atoms with Gasteiger partial charge >= 0.3 is 5.97 Å². The number of anilines is 1. The number of thioether (sulfide) groups is 1. The molecule has 1 aromatic carbocycles. The Morgan fingerprint density at radius 2 is 2.03 bits per heavy atom. The van der Waals surface area contributed by atoms with Gasteiger partial charge in [-0.3, -0.25) is 0 Å². The molecular formula is C22H28N4O3S2. The fourth-order valence-electron chi connectivity index (χ4n) is 3.13. The van der Waals surface area contributed by atoms with Crippen molar-refractivity contribution in [2.45, 2.75) is 30.6 Å². The molecule has 0 aliphatic rings. The van der Waals surface area contributed by atoms with Gasteiger partial charge in [0.25, 0.3) is 0 Å². The second-order valence-electron chi connectivity index (χ2n) is 7.34. The van der Waals surface area contributed by atoms with Crippen LogP contribution in [0.25, 0.3) is 10.2 Å². The number of aliphatic hydroxyl groups is 1. The first-order valence-corrected chi connectivity index (χ1v) is 11.9. The number of rotatable bonds is 10. The summed E-state index contributed by atoms with van der Waals surface area (Å²) in [6.45, 7) is 4.87. The molecule has 0 aliphatic heterocycles. The highest BCUT2D eigenvalue weighted by Crippen LogP contribution is 2.35. The van der Waals surface area contributed by atoms with Crippen molar-refractivity contribution in [3.8, 4) is 0 Å². The van der Waals surface area contributed by atoms with E-state index in [-0.39, 0.29) is 5.97 Å². The van der Waals surface area contributed by atoms with Crippen LogP contribution in [0.15, 0.2) is 35.2 Å². The molecule has 0 radical (unpaired) electrons. The highest BCUT2D eigenvalue weighted by molar-refractivity contribution is 7.98. The first-order chi connectivity index (χ1) is 14.9. The zero-order valence-corrected chi connectivity index (χ0v) is 19.8. The van der Waals surface area contributed by atoms with Gasteiger partial charge in [-0.1, -0.05) is 18.2 Å². The minimum absolute atomic E-state index is 0.318. The Morgan fingerprint density at radius 1 is 1.29 bits per heavy atom. The maximum Gasteiger partial charge on any atom is 0.348 e. The van der Waals surface area contributed by atoms with Crippen LogP contribution in [0.3, 0.4) is 0 Å². The van der Waals surface area contributed by atoms with Gasteiger partial charge in [0.05, 0.1) is 23.8 Å². The number of aliphatic hydroxyl groups excluding tert-OH is 1. The number of thiophene rings is 1. The van der Waals surface area contributed by atoms with Gasteiger partial charge in [0.1, 0.15) is 21.3 Å². The van der Waals surface area contributed by atoms with E-state index >= 15 is 0 Å². The molecule has 7 nitrogen and oxygen atoms in total. The average Bonchev–Trinajstić information content (AvgIpc) is 3.07. The van der Waals surface area contributed by atoms with E-state index in [9.17, 15) is 9.90 Å². The highest BCUT2D eigenvalue weighted by atomic mass is 32.2. The third-order valence-electron chi connectivity index (χ3n) is 4.49. The number of nitrogens with zero attached hydrogens (tertiary/aromatic N) is 3. The van der Waals surface area contributed by atoms with E-state index in [0.29, 0.717) is 42.0 Å². The fraction of sp³-hybridized carbons (Fsp3) is 0.409. The van der Waals surface area contributed by atoms with Crippen molar-refractivity contribution >= 4 is 45.1 Å². The van der Waals surface area contributed by atoms with Crippen molar-refractivity contribution in [1.82, 2.24) is 14.9 Å². The summed E-state index contributed by atoms with van der Waals surface area (Å²) in [5, 5.41) is 14.4. The Kier molecular flexibility index (Phi) is 8.25. The van der Waals surface area contributed by atoms with Crippen LogP contribution in [-0.4, -0.2) is 65.8 Å². The lowest BCUT2D eigenvalue weighted by Gasteiger charge is -2.17. The number of carbonyl (C=O) groups excluding carboxylic acids is 1. The molecule has 0 saturated carbocycles. The molecule has 3 aromatic rings. The van der Waals surface area contributed by atoms with E-state index < -0.39 is 6.10 Å². The molecule has 0 amide bonds. The lowest BCUT2D eigenvalue weighted by Crippen LogP contribution is -2.31. The Morgan fingerprint density at radius 3 is 2.71 bits per heavy atom. The number of fused-ring (bicyclic) bond motifs is 1. The quantitative estimate of drug-likeness (QED) is 0.349. The Labute approximate surface area is 190 Å². The Balaban J connectivity index is 1.92. The molecule has 3 rings (SSSR count). The monoisotopic (exact) mass is 460 g/mol. The zero-order valence-electron chi connectivity index (χ0n) is 18.2. The molecule has 2 aromatic heterocycles. The van der Waals surface area contributed by atoms with Crippen LogP contribution in [0.2, 0.25) is 0 Å². The molecule has 0 unspecified atom stereocenters. The van der Waals surface area contributed by atoms with E-state index in [1.54, 1.807) is 18.7 Å². The van der Waals surface area contributed by atoms with E-state index in [0.717, 1.165) is 20.7 Å². The van der Waals surface area contributed by atoms with Gasteiger partial charge in [0.15, 0.2) is 0 Å². The molecule has 0 bridgehead atoms. The molecule has 31 heavy (non-hydrogen) atoms. The van der Waals surface area contributed by atoms with Gasteiger partial charge in [0.2, 0.25) is 0 Å². The number of aryl methyl sites for hydroxylation is 1. The molecule has 0 fully saturated rings. The van der Waals surface area contributed by atoms with Crippen LogP contribution >= 0.6 is 23.1 Å². The van der Waals surface area contributed by atoms with Crippen LogP contribution in [0.5, 0.6) is 0 Å². The molecule has 0 saturated heterocycles. The number of benzene rings is 1. The summed E-state index contributed by atoms with van der Waals surface area (Å²) in [5.74, 6) is 1.56. The lowest BCUT2D eigenvalue weighted by atomic mass is 10.2. The van der Waals surface area contributed by atoms with Crippen LogP contribution in [-0.2, 0) is 10.5 Å². The van der Waals surface area contributed by atoms with Crippen molar-refractivity contribution in [2.24, 2.45) is 0 Å². The molecule has 0 aliphatic carbocycles. The number of ether oxygens (including phenoxy) is 1. The molecule has 2 heterocycles. The van der Waals surface area contributed by atoms with Crippen molar-refractivity contribution in [3.63, 3.8) is 0 Å². The minimum Gasteiger partial charge on any atom is -0.462 e. The van der Waals surface area contributed by atoms with Crippen LogP contribution in [0.4, 0.5) is 5.82 Å². The minimum atomic E-state index is -0.550. The normalized spacial score (nSPS) is 12.3. The van der Waals surface area contributed by atoms with Crippen molar-refractivity contribution < 1.29 is 14.6 Å². The van der Waals surface area contributed by atoms with E-state index in [2.05, 4.69) is 5.32 Å². The predicted octanol–water partition coefficient (Wildman–Crippen LogP) is 3.80. The first kappa shape index (κ1) is 23.5. The summed E-state index contributed by atoms with van der Waals surface area (Å²) in [6.07, 6.45) is -0.550. The number of hydrogen-bond donors (Lipinski definition) is 2. The summed E-state index contributed by atoms with van der Waals surface area (Å²) in [7, 11) is 3.83. The second kappa shape index (κ2) is 10.9. The Hall–Kier alpha value is -2.20. The number of likely N-dealkylation sites (N-methyl/N-ethyl adjacent to an activating group) is 1. The zero-order chi connectivity index (χ0) is 22.4. The molecule has 2 N–H and O–H groups in total. The third kappa shape index (κ3) is 6.16. The highest BCUT2D eigenvalue weighted by Gasteiger charge is 2.22. The smallest absolute Gasteiger partial charge is 0.348 e. The average molecular weight is 461 g/mol. The largest absolute Gasteiger partial charge is 0.462 e. The third-order valence-corrected chi connectivity index (χ3v) is 6.66. The molecule has 166 valence electrons. The van der Waals surface area contributed by atoms with Crippen molar-refractivity contribution in [3.05, 3.63) is 46.6 Å². The lowest BCUT2D eigenvalue weighted by molar-refractivity contribution is 0.0531. The SMILES string of the molecule is CCOC(=O)c1sc2nc(CSc3ccccc3)nc(NC[C@H](O)CN(C)C)c2c1C. The van der Waals surface area contributed by atoms with E-state index in [1.165, 1.54) is 11.3 Å². The predicted molar refractivity (Wildman–Crippen MR) is 127 cm³/mol. The summed E-state index contributed by atoms with van der Waals surface area (Å²) in [4.78, 5) is 26.2. The molecule has 9 heteroatoms. The Bertz CT molecular complexity index is 1020. The number of nitrogens with one attached hydrogen (secondary N) is 1.